The summed E-state index contributed by atoms with van der Waals surface area (Å²) in [5.41, 5.74) is 1.36. The van der Waals surface area contributed by atoms with Gasteiger partial charge in [0.25, 0.3) is 5.91 Å². The Kier molecular flexibility index (Phi) is 3.94. The summed E-state index contributed by atoms with van der Waals surface area (Å²) < 4.78 is 0. The summed E-state index contributed by atoms with van der Waals surface area (Å²) in [4.78, 5) is 24.4. The van der Waals surface area contributed by atoms with Crippen molar-refractivity contribution in [3.05, 3.63) is 46.8 Å². The van der Waals surface area contributed by atoms with E-state index in [0.29, 0.717) is 21.1 Å². The van der Waals surface area contributed by atoms with Crippen LogP contribution in [-0.4, -0.2) is 11.8 Å². The molecular weight excluding hydrogens is 296 g/mol. The molecule has 0 unspecified atom stereocenters. The Balaban J connectivity index is 1.65. The van der Waals surface area contributed by atoms with E-state index in [1.807, 2.05) is 0 Å². The first-order valence-electron chi connectivity index (χ1n) is 6.94. The quantitative estimate of drug-likeness (QED) is 0.851. The number of thiophene rings is 1. The first kappa shape index (κ1) is 14.4. The predicted molar refractivity (Wildman–Crippen MR) is 88.0 cm³/mol. The molecule has 0 bridgehead atoms. The van der Waals surface area contributed by atoms with Crippen LogP contribution >= 0.6 is 11.3 Å². The molecule has 22 heavy (non-hydrogen) atoms. The van der Waals surface area contributed by atoms with Crippen LogP contribution in [0.1, 0.15) is 28.1 Å². The zero-order valence-corrected chi connectivity index (χ0v) is 12.6. The Hall–Kier alpha value is -2.58. The van der Waals surface area contributed by atoms with Gasteiger partial charge in [-0.1, -0.05) is 12.0 Å². The largest absolute Gasteiger partial charge is 0.321 e. The van der Waals surface area contributed by atoms with E-state index in [1.54, 1.807) is 36.4 Å². The van der Waals surface area contributed by atoms with Gasteiger partial charge in [-0.15, -0.1) is 17.8 Å². The van der Waals surface area contributed by atoms with E-state index in [0.717, 1.165) is 12.8 Å². The molecule has 3 rings (SSSR count). The molecule has 1 aliphatic rings. The van der Waals surface area contributed by atoms with Crippen LogP contribution in [0.2, 0.25) is 0 Å². The molecular formula is C17H14N2O2S. The molecule has 1 aromatic carbocycles. The van der Waals surface area contributed by atoms with Crippen LogP contribution in [-0.2, 0) is 4.79 Å². The maximum absolute atomic E-state index is 12.2. The van der Waals surface area contributed by atoms with E-state index >= 15 is 0 Å². The van der Waals surface area contributed by atoms with Gasteiger partial charge in [0.2, 0.25) is 5.91 Å². The highest BCUT2D eigenvalue weighted by atomic mass is 32.1. The average Bonchev–Trinajstić information content (AvgIpc) is 3.27. The Morgan fingerprint density at radius 2 is 2.00 bits per heavy atom. The SMILES string of the molecule is C#Cc1cccc(NC(=O)c2ccc(NC(=O)C3CC3)s2)c1. The van der Waals surface area contributed by atoms with E-state index in [9.17, 15) is 9.59 Å². The summed E-state index contributed by atoms with van der Waals surface area (Å²) >= 11 is 1.26. The lowest BCUT2D eigenvalue weighted by atomic mass is 10.2. The third-order valence-electron chi connectivity index (χ3n) is 3.31. The minimum Gasteiger partial charge on any atom is -0.321 e. The number of hydrogen-bond acceptors (Lipinski definition) is 3. The molecule has 110 valence electrons. The number of carbonyl (C=O) groups excluding carboxylic acids is 2. The smallest absolute Gasteiger partial charge is 0.265 e. The zero-order valence-electron chi connectivity index (χ0n) is 11.8. The molecule has 0 atom stereocenters. The zero-order chi connectivity index (χ0) is 15.5. The molecule has 2 amide bonds. The van der Waals surface area contributed by atoms with Crippen LogP contribution in [0.5, 0.6) is 0 Å². The Morgan fingerprint density at radius 3 is 2.73 bits per heavy atom. The molecule has 0 radical (unpaired) electrons. The fraction of sp³-hybridized carbons (Fsp3) is 0.176. The van der Waals surface area contributed by atoms with Crippen molar-refractivity contribution in [1.29, 1.82) is 0 Å². The lowest BCUT2D eigenvalue weighted by Crippen LogP contribution is -2.12. The summed E-state index contributed by atoms with van der Waals surface area (Å²) in [7, 11) is 0. The van der Waals surface area contributed by atoms with Crippen LogP contribution < -0.4 is 10.6 Å². The summed E-state index contributed by atoms with van der Waals surface area (Å²) in [6, 6.07) is 10.6. The van der Waals surface area contributed by atoms with Gasteiger partial charge in [0.15, 0.2) is 0 Å². The highest BCUT2D eigenvalue weighted by Gasteiger charge is 2.29. The third-order valence-corrected chi connectivity index (χ3v) is 4.31. The highest BCUT2D eigenvalue weighted by Crippen LogP contribution is 2.31. The van der Waals surface area contributed by atoms with E-state index in [4.69, 9.17) is 6.42 Å². The third kappa shape index (κ3) is 3.35. The molecule has 2 N–H and O–H groups in total. The number of hydrogen-bond donors (Lipinski definition) is 2. The molecule has 1 aliphatic carbocycles. The monoisotopic (exact) mass is 310 g/mol. The van der Waals surface area contributed by atoms with Crippen molar-refractivity contribution in [2.24, 2.45) is 5.92 Å². The predicted octanol–water partition coefficient (Wildman–Crippen LogP) is 3.33. The van der Waals surface area contributed by atoms with Crippen molar-refractivity contribution < 1.29 is 9.59 Å². The van der Waals surface area contributed by atoms with Gasteiger partial charge in [-0.3, -0.25) is 9.59 Å². The number of rotatable bonds is 4. The molecule has 1 heterocycles. The van der Waals surface area contributed by atoms with Gasteiger partial charge in [0, 0.05) is 17.2 Å². The topological polar surface area (TPSA) is 58.2 Å². The van der Waals surface area contributed by atoms with Crippen molar-refractivity contribution in [3.63, 3.8) is 0 Å². The van der Waals surface area contributed by atoms with Gasteiger partial charge in [0.05, 0.1) is 9.88 Å². The number of anilines is 2. The summed E-state index contributed by atoms with van der Waals surface area (Å²) in [6.07, 6.45) is 7.25. The first-order chi connectivity index (χ1) is 10.7. The molecule has 1 saturated carbocycles. The summed E-state index contributed by atoms with van der Waals surface area (Å²) in [5, 5.41) is 6.33. The minimum absolute atomic E-state index is 0.0375. The van der Waals surface area contributed by atoms with Crippen LogP contribution in [0.3, 0.4) is 0 Å². The lowest BCUT2D eigenvalue weighted by molar-refractivity contribution is -0.117. The minimum atomic E-state index is -0.217. The number of nitrogens with one attached hydrogen (secondary N) is 2. The van der Waals surface area contributed by atoms with Crippen molar-refractivity contribution >= 4 is 33.8 Å². The average molecular weight is 310 g/mol. The Labute approximate surface area is 132 Å². The van der Waals surface area contributed by atoms with Gasteiger partial charge < -0.3 is 10.6 Å². The maximum Gasteiger partial charge on any atom is 0.265 e. The number of amides is 2. The number of benzene rings is 1. The molecule has 0 spiro atoms. The fourth-order valence-corrected chi connectivity index (χ4v) is 2.78. The van der Waals surface area contributed by atoms with Crippen LogP contribution in [0.4, 0.5) is 10.7 Å². The van der Waals surface area contributed by atoms with E-state index in [-0.39, 0.29) is 17.7 Å². The second-order valence-corrected chi connectivity index (χ2v) is 6.19. The number of terminal acetylenes is 1. The second kappa shape index (κ2) is 6.04. The van der Waals surface area contributed by atoms with Crippen molar-refractivity contribution in [2.75, 3.05) is 10.6 Å². The van der Waals surface area contributed by atoms with Crippen molar-refractivity contribution in [3.8, 4) is 12.3 Å². The first-order valence-corrected chi connectivity index (χ1v) is 7.76. The molecule has 0 aliphatic heterocycles. The Morgan fingerprint density at radius 1 is 1.18 bits per heavy atom. The van der Waals surface area contributed by atoms with Crippen LogP contribution in [0, 0.1) is 18.3 Å². The van der Waals surface area contributed by atoms with Crippen LogP contribution in [0.15, 0.2) is 36.4 Å². The lowest BCUT2D eigenvalue weighted by Gasteiger charge is -2.04. The van der Waals surface area contributed by atoms with Gasteiger partial charge in [0.1, 0.15) is 0 Å². The van der Waals surface area contributed by atoms with E-state index < -0.39 is 0 Å². The van der Waals surface area contributed by atoms with E-state index in [1.165, 1.54) is 11.3 Å². The molecule has 5 heteroatoms. The maximum atomic E-state index is 12.2. The fourth-order valence-electron chi connectivity index (χ4n) is 1.98. The molecule has 0 saturated heterocycles. The summed E-state index contributed by atoms with van der Waals surface area (Å²) in [5.74, 6) is 2.49. The standard InChI is InChI=1S/C17H14N2O2S/c1-2-11-4-3-5-13(10-11)18-17(21)14-8-9-15(22-14)19-16(20)12-6-7-12/h1,3-5,8-10,12H,6-7H2,(H,18,21)(H,19,20). The van der Waals surface area contributed by atoms with Gasteiger partial charge in [-0.2, -0.15) is 0 Å². The van der Waals surface area contributed by atoms with Gasteiger partial charge >= 0.3 is 0 Å². The van der Waals surface area contributed by atoms with Crippen LogP contribution in [0.25, 0.3) is 0 Å². The second-order valence-electron chi connectivity index (χ2n) is 5.11. The van der Waals surface area contributed by atoms with E-state index in [2.05, 4.69) is 16.6 Å². The number of carbonyl (C=O) groups is 2. The van der Waals surface area contributed by atoms with Gasteiger partial charge in [-0.05, 0) is 43.2 Å². The molecule has 2 aromatic rings. The molecule has 1 fully saturated rings. The molecule has 1 aromatic heterocycles. The van der Waals surface area contributed by atoms with Gasteiger partial charge in [-0.25, -0.2) is 0 Å². The molecule has 4 nitrogen and oxygen atoms in total. The normalized spacial score (nSPS) is 13.2. The van der Waals surface area contributed by atoms with Crippen molar-refractivity contribution in [1.82, 2.24) is 0 Å². The highest BCUT2D eigenvalue weighted by molar-refractivity contribution is 7.18. The van der Waals surface area contributed by atoms with Crippen molar-refractivity contribution in [2.45, 2.75) is 12.8 Å². The Bertz CT molecular complexity index is 769. The summed E-state index contributed by atoms with van der Waals surface area (Å²) in [6.45, 7) is 0.